The zero-order valence-corrected chi connectivity index (χ0v) is 20.7. The van der Waals surface area contributed by atoms with Crippen LogP contribution in [0.2, 0.25) is 0 Å². The summed E-state index contributed by atoms with van der Waals surface area (Å²) in [5.41, 5.74) is 4.21. The fourth-order valence-electron chi connectivity index (χ4n) is 5.09. The molecule has 0 saturated heterocycles. The van der Waals surface area contributed by atoms with Crippen molar-refractivity contribution in [2.75, 3.05) is 26.0 Å². The van der Waals surface area contributed by atoms with E-state index in [1.807, 2.05) is 5.43 Å². The molecule has 0 radical (unpaired) electrons. The van der Waals surface area contributed by atoms with Gasteiger partial charge in [-0.3, -0.25) is 20.1 Å². The number of hydrazine groups is 1. The summed E-state index contributed by atoms with van der Waals surface area (Å²) in [4.78, 5) is 36.3. The molecule has 2 aromatic rings. The van der Waals surface area contributed by atoms with Crippen LogP contribution >= 0.6 is 0 Å². The molecule has 4 rings (SSSR count). The number of phenols is 1. The number of H-pyrrole nitrogens is 1. The highest BCUT2D eigenvalue weighted by Gasteiger charge is 2.35. The molecule has 11 nitrogen and oxygen atoms in total. The third-order valence-electron chi connectivity index (χ3n) is 6.79. The van der Waals surface area contributed by atoms with Gasteiger partial charge in [-0.25, -0.2) is 9.80 Å². The highest BCUT2D eigenvalue weighted by molar-refractivity contribution is 5.94. The smallest absolute Gasteiger partial charge is 0.422 e. The van der Waals surface area contributed by atoms with Crippen molar-refractivity contribution in [3.05, 3.63) is 34.5 Å². The molecule has 1 aromatic heterocycles. The van der Waals surface area contributed by atoms with Crippen LogP contribution in [-0.2, 0) is 22.4 Å². The van der Waals surface area contributed by atoms with Crippen molar-refractivity contribution in [1.29, 1.82) is 0 Å². The molecule has 1 aromatic carbocycles. The maximum Gasteiger partial charge on any atom is 0.422 e. The summed E-state index contributed by atoms with van der Waals surface area (Å²) in [7, 11) is 2.55. The van der Waals surface area contributed by atoms with Gasteiger partial charge < -0.3 is 19.9 Å². The minimum absolute atomic E-state index is 0.0445. The first-order valence-electron chi connectivity index (χ1n) is 12.0. The minimum Gasteiger partial charge on any atom is -0.507 e. The summed E-state index contributed by atoms with van der Waals surface area (Å²) < 4.78 is 47.8. The Kier molecular flexibility index (Phi) is 7.81. The summed E-state index contributed by atoms with van der Waals surface area (Å²) in [5, 5.41) is 20.5. The van der Waals surface area contributed by atoms with E-state index >= 15 is 0 Å². The van der Waals surface area contributed by atoms with Gasteiger partial charge in [0.2, 0.25) is 5.91 Å². The quantitative estimate of drug-likeness (QED) is 0.296. The van der Waals surface area contributed by atoms with Crippen LogP contribution in [0.4, 0.5) is 23.8 Å². The molecule has 1 fully saturated rings. The first-order valence-corrected chi connectivity index (χ1v) is 12.0. The van der Waals surface area contributed by atoms with Crippen molar-refractivity contribution < 1.29 is 42.1 Å². The van der Waals surface area contributed by atoms with E-state index in [1.54, 1.807) is 6.07 Å². The van der Waals surface area contributed by atoms with E-state index in [4.69, 9.17) is 9.47 Å². The van der Waals surface area contributed by atoms with Gasteiger partial charge in [-0.05, 0) is 43.2 Å². The van der Waals surface area contributed by atoms with Gasteiger partial charge in [-0.1, -0.05) is 0 Å². The first-order chi connectivity index (χ1) is 18.0. The van der Waals surface area contributed by atoms with Crippen molar-refractivity contribution in [1.82, 2.24) is 20.6 Å². The molecule has 38 heavy (non-hydrogen) atoms. The summed E-state index contributed by atoms with van der Waals surface area (Å²) in [6, 6.07) is 3.05. The predicted octanol–water partition coefficient (Wildman–Crippen LogP) is 3.06. The van der Waals surface area contributed by atoms with E-state index < -0.39 is 30.8 Å². The third kappa shape index (κ3) is 6.18. The molecule has 0 aliphatic heterocycles. The largest absolute Gasteiger partial charge is 0.507 e. The molecule has 1 heterocycles. The standard InChI is InChI=1S/C24H28F3N5O6/c1-32(11-24(25,26)27)31-23(36)38-14-4-3-12(5-14)18-8-21(30-29-18)28-22(35)13-6-15-16(7-13)20(37-2)9-19(34)17(15)10-33/h8-10,12-14,34H,3-7,11H2,1-2H3,(H,31,36)(H2,28,29,30,35)/t12-,13?,14+/m0/s1. The lowest BCUT2D eigenvalue weighted by molar-refractivity contribution is -0.147. The second-order valence-electron chi connectivity index (χ2n) is 9.51. The fourth-order valence-corrected chi connectivity index (χ4v) is 5.09. The number of aldehydes is 1. The number of hydrogen-bond acceptors (Lipinski definition) is 8. The molecule has 2 aliphatic carbocycles. The van der Waals surface area contributed by atoms with Gasteiger partial charge in [0.15, 0.2) is 12.1 Å². The van der Waals surface area contributed by atoms with Crippen LogP contribution in [0.25, 0.3) is 0 Å². The number of rotatable bonds is 8. The second kappa shape index (κ2) is 10.9. The average molecular weight is 540 g/mol. The summed E-state index contributed by atoms with van der Waals surface area (Å²) in [6.45, 7) is -1.31. The zero-order valence-electron chi connectivity index (χ0n) is 20.7. The van der Waals surface area contributed by atoms with Crippen molar-refractivity contribution in [2.45, 2.75) is 50.3 Å². The van der Waals surface area contributed by atoms with Crippen molar-refractivity contribution in [3.63, 3.8) is 0 Å². The molecule has 0 bridgehead atoms. The topological polar surface area (TPSA) is 146 Å². The minimum atomic E-state index is -4.45. The normalized spacial score (nSPS) is 20.7. The molecular weight excluding hydrogens is 511 g/mol. The number of amides is 2. The maximum atomic E-state index is 13.0. The summed E-state index contributed by atoms with van der Waals surface area (Å²) >= 11 is 0. The number of fused-ring (bicyclic) bond motifs is 1. The molecule has 4 N–H and O–H groups in total. The molecule has 2 amide bonds. The zero-order chi connectivity index (χ0) is 27.6. The maximum absolute atomic E-state index is 13.0. The van der Waals surface area contributed by atoms with E-state index in [0.29, 0.717) is 59.7 Å². The van der Waals surface area contributed by atoms with Crippen molar-refractivity contribution in [2.24, 2.45) is 5.92 Å². The Labute approximate surface area is 215 Å². The van der Waals surface area contributed by atoms with Crippen LogP contribution in [-0.4, -0.2) is 71.6 Å². The number of halogens is 3. The Bertz CT molecular complexity index is 1220. The molecule has 1 saturated carbocycles. The van der Waals surface area contributed by atoms with Crippen LogP contribution < -0.4 is 15.5 Å². The number of ether oxygens (including phenoxy) is 2. The number of anilines is 1. The van der Waals surface area contributed by atoms with Crippen LogP contribution in [0.15, 0.2) is 12.1 Å². The number of aromatic amines is 1. The van der Waals surface area contributed by atoms with Gasteiger partial charge in [0.1, 0.15) is 24.1 Å². The molecule has 0 spiro atoms. The highest BCUT2D eigenvalue weighted by Crippen LogP contribution is 2.40. The number of carbonyl (C=O) groups is 3. The Morgan fingerprint density at radius 3 is 2.68 bits per heavy atom. The number of aromatic hydroxyl groups is 1. The monoisotopic (exact) mass is 539 g/mol. The average Bonchev–Trinajstić information content (AvgIpc) is 3.56. The first kappa shape index (κ1) is 27.2. The number of benzene rings is 1. The molecule has 2 aliphatic rings. The van der Waals surface area contributed by atoms with E-state index in [-0.39, 0.29) is 29.6 Å². The number of carbonyl (C=O) groups excluding carboxylic acids is 3. The number of nitrogens with one attached hydrogen (secondary N) is 3. The lowest BCUT2D eigenvalue weighted by Crippen LogP contribution is -2.45. The number of hydrogen-bond donors (Lipinski definition) is 4. The molecular formula is C24H28F3N5O6. The Morgan fingerprint density at radius 2 is 2.00 bits per heavy atom. The second-order valence-corrected chi connectivity index (χ2v) is 9.51. The number of alkyl halides is 3. The summed E-state index contributed by atoms with van der Waals surface area (Å²) in [5.74, 6) is -0.306. The molecule has 3 atom stereocenters. The van der Waals surface area contributed by atoms with E-state index in [0.717, 1.165) is 12.7 Å². The number of phenolic OH excluding ortho intramolecular Hbond substituents is 1. The van der Waals surface area contributed by atoms with Gasteiger partial charge in [-0.15, -0.1) is 0 Å². The highest BCUT2D eigenvalue weighted by atomic mass is 19.4. The third-order valence-corrected chi connectivity index (χ3v) is 6.79. The van der Waals surface area contributed by atoms with Gasteiger partial charge in [0.25, 0.3) is 0 Å². The van der Waals surface area contributed by atoms with Gasteiger partial charge >= 0.3 is 12.3 Å². The molecule has 14 heteroatoms. The van der Waals surface area contributed by atoms with Crippen LogP contribution in [0.3, 0.4) is 0 Å². The van der Waals surface area contributed by atoms with Gasteiger partial charge in [0, 0.05) is 36.7 Å². The van der Waals surface area contributed by atoms with Crippen molar-refractivity contribution in [3.8, 4) is 11.5 Å². The number of aromatic nitrogens is 2. The number of nitrogens with zero attached hydrogens (tertiary/aromatic N) is 2. The fraction of sp³-hybridized carbons (Fsp3) is 0.500. The number of methoxy groups -OCH3 is 1. The Morgan fingerprint density at radius 1 is 1.26 bits per heavy atom. The van der Waals surface area contributed by atoms with Gasteiger partial charge in [-0.2, -0.15) is 18.3 Å². The molecule has 206 valence electrons. The van der Waals surface area contributed by atoms with E-state index in [1.165, 1.54) is 13.2 Å². The van der Waals surface area contributed by atoms with Crippen LogP contribution in [0, 0.1) is 5.92 Å². The van der Waals surface area contributed by atoms with Gasteiger partial charge in [0.05, 0.1) is 12.7 Å². The predicted molar refractivity (Wildman–Crippen MR) is 127 cm³/mol. The van der Waals surface area contributed by atoms with E-state index in [2.05, 4.69) is 15.5 Å². The summed E-state index contributed by atoms with van der Waals surface area (Å²) in [6.07, 6.45) is -3.10. The van der Waals surface area contributed by atoms with Crippen LogP contribution in [0.1, 0.15) is 52.4 Å². The Balaban J connectivity index is 1.30. The lowest BCUT2D eigenvalue weighted by atomic mass is 10.0. The molecule has 1 unspecified atom stereocenters. The van der Waals surface area contributed by atoms with Crippen LogP contribution in [0.5, 0.6) is 11.5 Å². The van der Waals surface area contributed by atoms with E-state index in [9.17, 15) is 32.7 Å². The van der Waals surface area contributed by atoms with Crippen molar-refractivity contribution >= 4 is 24.1 Å². The SMILES string of the molecule is COc1cc(O)c(C=O)c2c1CC(C(=O)Nc1cc([C@H]3CC[C@@H](OC(=O)NN(C)CC(F)(F)F)C3)[nH]n1)C2. The Hall–Kier alpha value is -3.81. The lowest BCUT2D eigenvalue weighted by Gasteiger charge is -2.20.